The Kier molecular flexibility index (Phi) is 5.70. The second-order valence-corrected chi connectivity index (χ2v) is 8.64. The number of alkyl halides is 3. The van der Waals surface area contributed by atoms with E-state index in [0.717, 1.165) is 5.46 Å². The summed E-state index contributed by atoms with van der Waals surface area (Å²) >= 11 is 0. The molecule has 3 rings (SSSR count). The van der Waals surface area contributed by atoms with Crippen LogP contribution in [-0.2, 0) is 18.8 Å². The summed E-state index contributed by atoms with van der Waals surface area (Å²) in [5, 5.41) is 5.06. The minimum Gasteiger partial charge on any atom is -0.469 e. The Hall–Kier alpha value is -2.07. The zero-order valence-electron chi connectivity index (χ0n) is 17.9. The van der Waals surface area contributed by atoms with E-state index in [1.807, 2.05) is 27.7 Å². The van der Waals surface area contributed by atoms with Crippen LogP contribution >= 0.6 is 0 Å². The normalized spacial score (nSPS) is 25.4. The van der Waals surface area contributed by atoms with Crippen LogP contribution in [0.3, 0.4) is 0 Å². The second-order valence-electron chi connectivity index (χ2n) is 8.64. The zero-order valence-corrected chi connectivity index (χ0v) is 17.9. The van der Waals surface area contributed by atoms with E-state index in [-0.39, 0.29) is 6.42 Å². The molecule has 0 spiro atoms. The zero-order chi connectivity index (χ0) is 22.5. The molecule has 1 aromatic carbocycles. The van der Waals surface area contributed by atoms with Gasteiger partial charge in [-0.05, 0) is 45.3 Å². The molecular weight excluding hydrogens is 400 g/mol. The number of ether oxygens (including phenoxy) is 1. The molecule has 0 saturated carbocycles. The Morgan fingerprint density at radius 3 is 2.17 bits per heavy atom. The molecule has 2 heterocycles. The fourth-order valence-corrected chi connectivity index (χ4v) is 3.52. The quantitative estimate of drug-likeness (QED) is 0.547. The van der Waals surface area contributed by atoms with Gasteiger partial charge in [-0.2, -0.15) is 18.3 Å². The molecule has 0 N–H and O–H groups in total. The van der Waals surface area contributed by atoms with Crippen LogP contribution in [0.2, 0.25) is 0 Å². The van der Waals surface area contributed by atoms with Gasteiger partial charge in [0, 0.05) is 5.92 Å². The van der Waals surface area contributed by atoms with E-state index in [9.17, 15) is 18.0 Å². The highest BCUT2D eigenvalue weighted by molar-refractivity contribution is 6.62. The van der Waals surface area contributed by atoms with Crippen molar-refractivity contribution >= 4 is 29.9 Å². The van der Waals surface area contributed by atoms with Crippen LogP contribution in [0.15, 0.2) is 29.4 Å². The number of hydrazone groups is 1. The van der Waals surface area contributed by atoms with Crippen molar-refractivity contribution in [1.29, 1.82) is 0 Å². The molecule has 2 aliphatic rings. The number of benzene rings is 1. The summed E-state index contributed by atoms with van der Waals surface area (Å²) in [5.41, 5.74) is -0.730. The molecule has 30 heavy (non-hydrogen) atoms. The van der Waals surface area contributed by atoms with Crippen molar-refractivity contribution in [3.8, 4) is 0 Å². The fourth-order valence-electron chi connectivity index (χ4n) is 3.52. The summed E-state index contributed by atoms with van der Waals surface area (Å²) in [6, 6.07) is 5.98. The summed E-state index contributed by atoms with van der Waals surface area (Å²) < 4.78 is 56.9. The van der Waals surface area contributed by atoms with Gasteiger partial charge in [0.1, 0.15) is 5.71 Å². The number of methoxy groups -OCH3 is 1. The van der Waals surface area contributed by atoms with Crippen LogP contribution in [-0.4, -0.2) is 49.3 Å². The van der Waals surface area contributed by atoms with E-state index in [1.165, 1.54) is 19.0 Å². The maximum absolute atomic E-state index is 13.4. The average Bonchev–Trinajstić information content (AvgIpc) is 3.08. The highest BCUT2D eigenvalue weighted by atomic mass is 19.4. The number of anilines is 1. The van der Waals surface area contributed by atoms with Gasteiger partial charge in [-0.3, -0.25) is 9.80 Å². The Labute approximate surface area is 174 Å². The third kappa shape index (κ3) is 4.07. The van der Waals surface area contributed by atoms with Gasteiger partial charge in [-0.25, -0.2) is 0 Å². The Balaban J connectivity index is 1.87. The number of carbonyl (C=O) groups is 1. The van der Waals surface area contributed by atoms with Gasteiger partial charge in [0.05, 0.1) is 36.5 Å². The first-order chi connectivity index (χ1) is 13.8. The minimum absolute atomic E-state index is 0.209. The lowest BCUT2D eigenvalue weighted by Gasteiger charge is -2.32. The molecule has 1 aromatic rings. The largest absolute Gasteiger partial charge is 0.494 e. The molecule has 0 aliphatic carbocycles. The molecule has 2 aliphatic heterocycles. The van der Waals surface area contributed by atoms with Crippen LogP contribution in [0.1, 0.15) is 41.0 Å². The molecule has 0 bridgehead atoms. The summed E-state index contributed by atoms with van der Waals surface area (Å²) in [6.45, 7) is 9.18. The first kappa shape index (κ1) is 22.6. The van der Waals surface area contributed by atoms with E-state index < -0.39 is 48.1 Å². The monoisotopic (exact) mass is 426 g/mol. The third-order valence-corrected chi connectivity index (χ3v) is 6.12. The molecule has 1 saturated heterocycles. The number of carbonyl (C=O) groups excluding carboxylic acids is 1. The predicted octanol–water partition coefficient (Wildman–Crippen LogP) is 3.29. The molecule has 0 unspecified atom stereocenters. The van der Waals surface area contributed by atoms with Crippen molar-refractivity contribution in [2.45, 2.75) is 64.5 Å². The maximum Gasteiger partial charge on any atom is 0.494 e. The summed E-state index contributed by atoms with van der Waals surface area (Å²) in [7, 11) is 0.624. The smallest absolute Gasteiger partial charge is 0.469 e. The highest BCUT2D eigenvalue weighted by Crippen LogP contribution is 2.38. The number of halogens is 3. The fraction of sp³-hybridized carbons (Fsp3) is 0.600. The molecule has 1 fully saturated rings. The van der Waals surface area contributed by atoms with Crippen molar-refractivity contribution in [2.24, 2.45) is 11.0 Å². The molecule has 2 atom stereocenters. The van der Waals surface area contributed by atoms with Crippen molar-refractivity contribution < 1.29 is 32.0 Å². The molecule has 6 nitrogen and oxygen atoms in total. The first-order valence-corrected chi connectivity index (χ1v) is 9.74. The van der Waals surface area contributed by atoms with Gasteiger partial charge in [0.2, 0.25) is 0 Å². The van der Waals surface area contributed by atoms with E-state index in [0.29, 0.717) is 5.69 Å². The molecule has 10 heteroatoms. The van der Waals surface area contributed by atoms with Gasteiger partial charge in [0.15, 0.2) is 0 Å². The third-order valence-electron chi connectivity index (χ3n) is 6.12. The second kappa shape index (κ2) is 7.57. The number of esters is 1. The SMILES string of the molecule is COC(=O)C[C@H]1[C@H](C)C(C(F)(F)F)=NN1c1ccc(B2OC(C)(C)C(C)(C)O2)cc1. The Morgan fingerprint density at radius 1 is 1.17 bits per heavy atom. The maximum atomic E-state index is 13.4. The summed E-state index contributed by atoms with van der Waals surface area (Å²) in [5.74, 6) is -1.57. The van der Waals surface area contributed by atoms with Crippen LogP contribution < -0.4 is 10.5 Å². The van der Waals surface area contributed by atoms with Crippen LogP contribution in [0, 0.1) is 5.92 Å². The lowest BCUT2D eigenvalue weighted by atomic mass is 9.79. The molecule has 164 valence electrons. The van der Waals surface area contributed by atoms with Crippen molar-refractivity contribution in [1.82, 2.24) is 0 Å². The van der Waals surface area contributed by atoms with Gasteiger partial charge >= 0.3 is 19.3 Å². The van der Waals surface area contributed by atoms with Gasteiger partial charge in [-0.15, -0.1) is 0 Å². The van der Waals surface area contributed by atoms with E-state index in [1.54, 1.807) is 24.3 Å². The number of nitrogens with zero attached hydrogens (tertiary/aromatic N) is 2. The molecule has 0 aromatic heterocycles. The number of hydrogen-bond acceptors (Lipinski definition) is 6. The van der Waals surface area contributed by atoms with E-state index >= 15 is 0 Å². The van der Waals surface area contributed by atoms with Crippen molar-refractivity contribution in [3.05, 3.63) is 24.3 Å². The lowest BCUT2D eigenvalue weighted by molar-refractivity contribution is -0.141. The standard InChI is InChI=1S/C20H26BF3N2O4/c1-12-15(11-16(27)28-6)26(25-17(12)20(22,23)24)14-9-7-13(8-10-14)21-29-18(2,3)19(4,5)30-21/h7-10,12,15H,11H2,1-6H3/t12-,15-/m0/s1. The minimum atomic E-state index is -4.58. The van der Waals surface area contributed by atoms with Crippen LogP contribution in [0.4, 0.5) is 18.9 Å². The topological polar surface area (TPSA) is 60.4 Å². The van der Waals surface area contributed by atoms with Crippen molar-refractivity contribution in [3.63, 3.8) is 0 Å². The van der Waals surface area contributed by atoms with Gasteiger partial charge in [0.25, 0.3) is 0 Å². The predicted molar refractivity (Wildman–Crippen MR) is 108 cm³/mol. The van der Waals surface area contributed by atoms with E-state index in [4.69, 9.17) is 9.31 Å². The summed E-state index contributed by atoms with van der Waals surface area (Å²) in [6.07, 6.45) is -4.79. The van der Waals surface area contributed by atoms with E-state index in [2.05, 4.69) is 9.84 Å². The average molecular weight is 426 g/mol. The Bertz CT molecular complexity index is 823. The number of rotatable bonds is 4. The first-order valence-electron chi connectivity index (χ1n) is 9.74. The van der Waals surface area contributed by atoms with Crippen LogP contribution in [0.5, 0.6) is 0 Å². The Morgan fingerprint density at radius 2 is 1.70 bits per heavy atom. The van der Waals surface area contributed by atoms with Gasteiger partial charge in [-0.1, -0.05) is 19.1 Å². The summed E-state index contributed by atoms with van der Waals surface area (Å²) in [4.78, 5) is 11.8. The highest BCUT2D eigenvalue weighted by Gasteiger charge is 2.52. The lowest BCUT2D eigenvalue weighted by Crippen LogP contribution is -2.41. The molecule has 0 radical (unpaired) electrons. The van der Waals surface area contributed by atoms with Gasteiger partial charge < -0.3 is 14.0 Å². The molecule has 0 amide bonds. The molecular formula is C20H26BF3N2O4. The van der Waals surface area contributed by atoms with Crippen molar-refractivity contribution in [2.75, 3.05) is 12.1 Å². The van der Waals surface area contributed by atoms with Crippen LogP contribution in [0.25, 0.3) is 0 Å². The number of hydrogen-bond donors (Lipinski definition) is 0.